The van der Waals surface area contributed by atoms with Crippen molar-refractivity contribution in [2.45, 2.75) is 40.5 Å². The summed E-state index contributed by atoms with van der Waals surface area (Å²) < 4.78 is 7.82. The molecule has 0 amide bonds. The number of nitrogens with zero attached hydrogens (tertiary/aromatic N) is 1. The van der Waals surface area contributed by atoms with Crippen molar-refractivity contribution in [1.29, 1.82) is 0 Å². The molecular weight excluding hydrogens is 314 g/mol. The van der Waals surface area contributed by atoms with Crippen LogP contribution < -0.4 is 4.74 Å². The fourth-order valence-electron chi connectivity index (χ4n) is 2.71. The van der Waals surface area contributed by atoms with Crippen molar-refractivity contribution in [3.8, 4) is 5.75 Å². The van der Waals surface area contributed by atoms with Crippen LogP contribution >= 0.6 is 0 Å². The van der Waals surface area contributed by atoms with E-state index in [2.05, 4.69) is 0 Å². The van der Waals surface area contributed by atoms with Crippen molar-refractivity contribution in [3.63, 3.8) is 0 Å². The van der Waals surface area contributed by atoms with Crippen LogP contribution in [-0.4, -0.2) is 16.1 Å². The fourth-order valence-corrected chi connectivity index (χ4v) is 2.71. The molecule has 0 aliphatic carbocycles. The molecule has 2 rings (SSSR count). The molecule has 0 radical (unpaired) electrons. The summed E-state index contributed by atoms with van der Waals surface area (Å²) in [5.74, 6) is 1.39. The van der Waals surface area contributed by atoms with Gasteiger partial charge in [0.1, 0.15) is 11.5 Å². The number of hydrogen-bond donors (Lipinski definition) is 0. The number of carbonyl (C=O) groups is 2. The molecule has 0 atom stereocenters. The Labute approximate surface area is 148 Å². The summed E-state index contributed by atoms with van der Waals surface area (Å²) in [7, 11) is 1.98. The molecule has 132 valence electrons. The maximum absolute atomic E-state index is 11.7. The molecule has 0 aliphatic heterocycles. The van der Waals surface area contributed by atoms with E-state index in [1.807, 2.05) is 56.8 Å². The number of ether oxygens (including phenoxy) is 1. The van der Waals surface area contributed by atoms with Gasteiger partial charge in [-0.2, -0.15) is 0 Å². The Morgan fingerprint density at radius 2 is 1.72 bits per heavy atom. The zero-order chi connectivity index (χ0) is 18.6. The van der Waals surface area contributed by atoms with Crippen LogP contribution in [0, 0.1) is 0 Å². The van der Waals surface area contributed by atoms with Crippen LogP contribution in [0.15, 0.2) is 42.3 Å². The van der Waals surface area contributed by atoms with Gasteiger partial charge in [-0.3, -0.25) is 9.59 Å². The summed E-state index contributed by atoms with van der Waals surface area (Å²) in [6.07, 6.45) is 6.17. The first-order valence-corrected chi connectivity index (χ1v) is 8.55. The topological polar surface area (TPSA) is 48.3 Å². The van der Waals surface area contributed by atoms with Crippen LogP contribution in [0.5, 0.6) is 5.75 Å². The van der Waals surface area contributed by atoms with Gasteiger partial charge < -0.3 is 9.30 Å². The van der Waals surface area contributed by atoms with E-state index in [0.29, 0.717) is 24.4 Å². The molecule has 1 aromatic heterocycles. The minimum atomic E-state index is 0.0378. The molecule has 0 spiro atoms. The van der Waals surface area contributed by atoms with Crippen molar-refractivity contribution in [3.05, 3.63) is 47.9 Å². The number of benzene rings is 1. The molecule has 25 heavy (non-hydrogen) atoms. The van der Waals surface area contributed by atoms with Crippen LogP contribution in [0.2, 0.25) is 0 Å². The predicted octanol–water partition coefficient (Wildman–Crippen LogP) is 4.82. The van der Waals surface area contributed by atoms with Gasteiger partial charge in [0.2, 0.25) is 0 Å². The highest BCUT2D eigenvalue weighted by Gasteiger charge is 2.11. The number of ketones is 2. The number of aromatic nitrogens is 1. The molecule has 0 fully saturated rings. The maximum Gasteiger partial charge on any atom is 0.158 e. The minimum absolute atomic E-state index is 0.0378. The highest BCUT2D eigenvalue weighted by molar-refractivity contribution is 6.01. The van der Waals surface area contributed by atoms with E-state index < -0.39 is 0 Å². The molecule has 0 saturated heterocycles. The first kappa shape index (κ1) is 18.7. The van der Waals surface area contributed by atoms with Crippen LogP contribution in [-0.2, 0) is 16.6 Å². The van der Waals surface area contributed by atoms with Gasteiger partial charge in [0.25, 0.3) is 0 Å². The highest BCUT2D eigenvalue weighted by atomic mass is 16.5. The third kappa shape index (κ3) is 4.47. The van der Waals surface area contributed by atoms with E-state index in [9.17, 15) is 9.59 Å². The second kappa shape index (κ2) is 7.97. The van der Waals surface area contributed by atoms with Gasteiger partial charge in [-0.05, 0) is 43.7 Å². The Morgan fingerprint density at radius 1 is 1.08 bits per heavy atom. The molecule has 1 aromatic carbocycles. The lowest BCUT2D eigenvalue weighted by molar-refractivity contribution is -0.115. The molecular formula is C21H25NO3. The van der Waals surface area contributed by atoms with Crippen molar-refractivity contribution in [2.24, 2.45) is 7.05 Å². The molecule has 0 aliphatic rings. The van der Waals surface area contributed by atoms with Crippen LogP contribution in [0.4, 0.5) is 0 Å². The average Bonchev–Trinajstić information content (AvgIpc) is 2.90. The van der Waals surface area contributed by atoms with Crippen molar-refractivity contribution in [2.75, 3.05) is 0 Å². The Bertz CT molecular complexity index is 869. The third-order valence-corrected chi connectivity index (χ3v) is 4.10. The zero-order valence-corrected chi connectivity index (χ0v) is 15.6. The third-order valence-electron chi connectivity index (χ3n) is 4.10. The van der Waals surface area contributed by atoms with Gasteiger partial charge >= 0.3 is 0 Å². The normalized spacial score (nSPS) is 12.5. The molecule has 4 heteroatoms. The molecule has 0 bridgehead atoms. The lowest BCUT2D eigenvalue weighted by Crippen LogP contribution is -1.96. The van der Waals surface area contributed by atoms with Gasteiger partial charge in [-0.25, -0.2) is 0 Å². The Morgan fingerprint density at radius 3 is 2.36 bits per heavy atom. The minimum Gasteiger partial charge on any atom is -0.462 e. The van der Waals surface area contributed by atoms with Crippen LogP contribution in [0.1, 0.15) is 46.1 Å². The maximum atomic E-state index is 11.7. The smallest absolute Gasteiger partial charge is 0.158 e. The fraction of sp³-hybridized carbons (Fsp3) is 0.333. The zero-order valence-electron chi connectivity index (χ0n) is 15.6. The average molecular weight is 339 g/mol. The van der Waals surface area contributed by atoms with E-state index in [1.54, 1.807) is 13.0 Å². The van der Waals surface area contributed by atoms with Gasteiger partial charge in [0.15, 0.2) is 11.6 Å². The summed E-state index contributed by atoms with van der Waals surface area (Å²) >= 11 is 0. The molecule has 0 N–H and O–H groups in total. The van der Waals surface area contributed by atoms with Crippen molar-refractivity contribution < 1.29 is 14.3 Å². The number of aryl methyl sites for hydroxylation is 1. The van der Waals surface area contributed by atoms with Gasteiger partial charge in [-0.1, -0.05) is 13.8 Å². The Hall–Kier alpha value is -2.62. The van der Waals surface area contributed by atoms with Crippen molar-refractivity contribution in [1.82, 2.24) is 4.57 Å². The first-order valence-electron chi connectivity index (χ1n) is 8.55. The summed E-state index contributed by atoms with van der Waals surface area (Å²) in [5.41, 5.74) is 3.00. The Kier molecular flexibility index (Phi) is 5.97. The standard InChI is InChI=1S/C21H25NO3/c1-6-16(23)10-14(3)20-13-22(5)21-9-8-18(12-19(20)21)25-15(4)11-17(24)7-2/h8-13H,6-7H2,1-5H3/b14-10-,15-11-. The molecule has 0 unspecified atom stereocenters. The van der Waals surface area contributed by atoms with Crippen LogP contribution in [0.25, 0.3) is 16.5 Å². The van der Waals surface area contributed by atoms with E-state index in [0.717, 1.165) is 22.0 Å². The number of carbonyl (C=O) groups excluding carboxylic acids is 2. The summed E-state index contributed by atoms with van der Waals surface area (Å²) in [4.78, 5) is 23.2. The summed E-state index contributed by atoms with van der Waals surface area (Å²) in [6.45, 7) is 7.39. The second-order valence-electron chi connectivity index (χ2n) is 6.16. The predicted molar refractivity (Wildman–Crippen MR) is 102 cm³/mol. The van der Waals surface area contributed by atoms with Crippen molar-refractivity contribution >= 4 is 28.0 Å². The largest absolute Gasteiger partial charge is 0.462 e. The molecule has 4 nitrogen and oxygen atoms in total. The Balaban J connectivity index is 2.43. The molecule has 2 aromatic rings. The highest BCUT2D eigenvalue weighted by Crippen LogP contribution is 2.30. The number of rotatable bonds is 7. The quantitative estimate of drug-likeness (QED) is 0.536. The van der Waals surface area contributed by atoms with Crippen LogP contribution in [0.3, 0.4) is 0 Å². The monoisotopic (exact) mass is 339 g/mol. The SMILES string of the molecule is CCC(=O)/C=C(/C)Oc1ccc2c(c1)c(/C(C)=C\C(=O)CC)cn2C. The van der Waals surface area contributed by atoms with E-state index >= 15 is 0 Å². The summed E-state index contributed by atoms with van der Waals surface area (Å²) in [5, 5.41) is 1.02. The number of allylic oxidation sites excluding steroid dienone is 4. The van der Waals surface area contributed by atoms with Gasteiger partial charge in [-0.15, -0.1) is 0 Å². The summed E-state index contributed by atoms with van der Waals surface area (Å²) in [6, 6.07) is 5.82. The molecule has 0 saturated carbocycles. The first-order chi connectivity index (χ1) is 11.8. The molecule has 1 heterocycles. The second-order valence-corrected chi connectivity index (χ2v) is 6.16. The van der Waals surface area contributed by atoms with Gasteiger partial charge in [0.05, 0.1) is 0 Å². The lowest BCUT2D eigenvalue weighted by Gasteiger charge is -2.07. The number of fused-ring (bicyclic) bond motifs is 1. The van der Waals surface area contributed by atoms with Gasteiger partial charge in [0, 0.05) is 48.6 Å². The van der Waals surface area contributed by atoms with E-state index in [-0.39, 0.29) is 11.6 Å². The van der Waals surface area contributed by atoms with E-state index in [4.69, 9.17) is 4.74 Å². The lowest BCUT2D eigenvalue weighted by atomic mass is 10.0. The number of hydrogen-bond acceptors (Lipinski definition) is 3. The van der Waals surface area contributed by atoms with E-state index in [1.165, 1.54) is 6.08 Å².